The Hall–Kier alpha value is -1.24. The Kier molecular flexibility index (Phi) is 6.54. The Morgan fingerprint density at radius 1 is 1.50 bits per heavy atom. The monoisotopic (exact) mass is 373 g/mol. The Bertz CT molecular complexity index is 558. The third-order valence-corrected chi connectivity index (χ3v) is 4.67. The number of anilines is 1. The summed E-state index contributed by atoms with van der Waals surface area (Å²) in [6, 6.07) is 1.32. The average molecular weight is 374 g/mol. The van der Waals surface area contributed by atoms with Crippen molar-refractivity contribution in [2.45, 2.75) is 51.1 Å². The fraction of sp³-hybridized carbons (Fsp3) is 0.667. The van der Waals surface area contributed by atoms with Gasteiger partial charge in [0, 0.05) is 17.8 Å². The summed E-state index contributed by atoms with van der Waals surface area (Å²) in [5.74, 6) is 0.333. The molecule has 1 atom stereocenters. The number of carbonyl (C=O) groups excluding carboxylic acids is 1. The number of nitrogens with one attached hydrogen (secondary N) is 2. The maximum atomic E-state index is 13.3. The lowest BCUT2D eigenvalue weighted by molar-refractivity contribution is -0.117. The molecule has 0 radical (unpaired) electrons. The molecule has 0 aliphatic heterocycles. The van der Waals surface area contributed by atoms with Crippen molar-refractivity contribution in [3.05, 3.63) is 22.1 Å². The first-order valence-electron chi connectivity index (χ1n) is 7.67. The summed E-state index contributed by atoms with van der Waals surface area (Å²) in [6.45, 7) is 0. The minimum atomic E-state index is -0.976. The van der Waals surface area contributed by atoms with E-state index in [1.54, 1.807) is 0 Å². The van der Waals surface area contributed by atoms with Crippen LogP contribution in [0.25, 0.3) is 0 Å². The molecule has 122 valence electrons. The molecule has 0 bridgehead atoms. The van der Waals surface area contributed by atoms with Crippen molar-refractivity contribution in [1.29, 1.82) is 0 Å². The van der Waals surface area contributed by atoms with Crippen molar-refractivity contribution < 1.29 is 9.18 Å². The minimum absolute atomic E-state index is 0.0992. The van der Waals surface area contributed by atoms with E-state index < -0.39 is 6.17 Å². The number of nitrogens with zero attached hydrogens (tertiary/aromatic N) is 1. The molecule has 1 saturated carbocycles. The summed E-state index contributed by atoms with van der Waals surface area (Å²) >= 11 is 3.08. The number of hydrogen-bond donors (Lipinski definition) is 2. The second-order valence-electron chi connectivity index (χ2n) is 5.79. The number of aromatic amines is 1. The summed E-state index contributed by atoms with van der Waals surface area (Å²) in [4.78, 5) is 23.5. The first-order valence-corrected chi connectivity index (χ1v) is 8.79. The van der Waals surface area contributed by atoms with Gasteiger partial charge in [0.1, 0.15) is 6.17 Å². The Morgan fingerprint density at radius 2 is 2.23 bits per heavy atom. The third kappa shape index (κ3) is 5.19. The predicted octanol–water partition coefficient (Wildman–Crippen LogP) is 2.95. The van der Waals surface area contributed by atoms with Crippen LogP contribution in [0.3, 0.4) is 0 Å². The zero-order chi connectivity index (χ0) is 15.9. The van der Waals surface area contributed by atoms with Crippen molar-refractivity contribution in [3.8, 4) is 0 Å². The number of hydrogen-bond acceptors (Lipinski definition) is 3. The van der Waals surface area contributed by atoms with Gasteiger partial charge in [-0.2, -0.15) is 5.10 Å². The molecule has 1 heterocycles. The van der Waals surface area contributed by atoms with Crippen molar-refractivity contribution in [1.82, 2.24) is 10.2 Å². The molecule has 1 unspecified atom stereocenters. The van der Waals surface area contributed by atoms with E-state index in [0.29, 0.717) is 30.1 Å². The smallest absolute Gasteiger partial charge is 0.266 e. The quantitative estimate of drug-likeness (QED) is 0.721. The van der Waals surface area contributed by atoms with E-state index in [9.17, 15) is 14.0 Å². The van der Waals surface area contributed by atoms with Crippen LogP contribution in [0, 0.1) is 5.92 Å². The Labute approximate surface area is 137 Å². The normalized spacial score (nSPS) is 16.6. The van der Waals surface area contributed by atoms with Crippen molar-refractivity contribution in [2.24, 2.45) is 5.92 Å². The molecule has 1 fully saturated rings. The standard InChI is InChI=1S/C15H21BrFN3O2/c16-9-11(17)5-6-12-13(8-15(22)20-19-12)18-14(21)7-10-3-1-2-4-10/h8,10-11H,1-7,9H2,(H2,18,20,21,22). The molecule has 1 aliphatic carbocycles. The zero-order valence-electron chi connectivity index (χ0n) is 12.4. The van der Waals surface area contributed by atoms with Gasteiger partial charge in [-0.25, -0.2) is 9.49 Å². The van der Waals surface area contributed by atoms with Crippen LogP contribution in [0.5, 0.6) is 0 Å². The number of halogens is 2. The molecule has 5 nitrogen and oxygen atoms in total. The van der Waals surface area contributed by atoms with E-state index in [2.05, 4.69) is 31.4 Å². The molecule has 22 heavy (non-hydrogen) atoms. The van der Waals surface area contributed by atoms with Gasteiger partial charge in [-0.3, -0.25) is 9.59 Å². The van der Waals surface area contributed by atoms with Crippen molar-refractivity contribution >= 4 is 27.5 Å². The fourth-order valence-corrected chi connectivity index (χ4v) is 3.10. The summed E-state index contributed by atoms with van der Waals surface area (Å²) in [7, 11) is 0. The molecule has 0 spiro atoms. The van der Waals surface area contributed by atoms with Gasteiger partial charge in [-0.15, -0.1) is 0 Å². The van der Waals surface area contributed by atoms with Gasteiger partial charge < -0.3 is 5.32 Å². The van der Waals surface area contributed by atoms with Crippen LogP contribution in [-0.4, -0.2) is 27.6 Å². The van der Waals surface area contributed by atoms with Gasteiger partial charge in [0.2, 0.25) is 5.91 Å². The van der Waals surface area contributed by atoms with E-state index in [1.807, 2.05) is 0 Å². The topological polar surface area (TPSA) is 74.8 Å². The van der Waals surface area contributed by atoms with E-state index in [-0.39, 0.29) is 23.2 Å². The Morgan fingerprint density at radius 3 is 2.91 bits per heavy atom. The summed E-state index contributed by atoms with van der Waals surface area (Å²) in [6.07, 6.45) is 4.68. The van der Waals surface area contributed by atoms with Gasteiger partial charge in [-0.1, -0.05) is 28.8 Å². The number of aromatic nitrogens is 2. The molecule has 0 saturated heterocycles. The largest absolute Gasteiger partial charge is 0.324 e. The van der Waals surface area contributed by atoms with Gasteiger partial charge in [0.05, 0.1) is 11.4 Å². The summed E-state index contributed by atoms with van der Waals surface area (Å²) in [5, 5.41) is 9.30. The lowest BCUT2D eigenvalue weighted by atomic mass is 10.0. The van der Waals surface area contributed by atoms with E-state index in [1.165, 1.54) is 18.9 Å². The molecule has 7 heteroatoms. The number of aryl methyl sites for hydroxylation is 1. The maximum Gasteiger partial charge on any atom is 0.266 e. The molecular formula is C15H21BrFN3O2. The molecule has 1 amide bonds. The average Bonchev–Trinajstić information content (AvgIpc) is 2.98. The number of alkyl halides is 2. The van der Waals surface area contributed by atoms with Crippen molar-refractivity contribution in [2.75, 3.05) is 10.6 Å². The lowest BCUT2D eigenvalue weighted by Crippen LogP contribution is -2.20. The molecule has 0 aromatic carbocycles. The lowest BCUT2D eigenvalue weighted by Gasteiger charge is -2.12. The molecular weight excluding hydrogens is 353 g/mol. The van der Waals surface area contributed by atoms with Crippen LogP contribution in [0.4, 0.5) is 10.1 Å². The first kappa shape index (κ1) is 17.1. The van der Waals surface area contributed by atoms with Crippen LogP contribution < -0.4 is 10.9 Å². The van der Waals surface area contributed by atoms with Crippen LogP contribution in [0.2, 0.25) is 0 Å². The van der Waals surface area contributed by atoms with Crippen LogP contribution in [0.15, 0.2) is 10.9 Å². The summed E-state index contributed by atoms with van der Waals surface area (Å²) in [5.41, 5.74) is 0.536. The second-order valence-corrected chi connectivity index (χ2v) is 6.43. The number of H-pyrrole nitrogens is 1. The number of carbonyl (C=O) groups is 1. The van der Waals surface area contributed by atoms with Crippen LogP contribution >= 0.6 is 15.9 Å². The highest BCUT2D eigenvalue weighted by Gasteiger charge is 2.19. The Balaban J connectivity index is 1.99. The highest BCUT2D eigenvalue weighted by Crippen LogP contribution is 2.28. The fourth-order valence-electron chi connectivity index (χ4n) is 2.78. The van der Waals surface area contributed by atoms with Gasteiger partial charge >= 0.3 is 0 Å². The highest BCUT2D eigenvalue weighted by molar-refractivity contribution is 9.09. The molecule has 2 N–H and O–H groups in total. The van der Waals surface area contributed by atoms with Crippen molar-refractivity contribution in [3.63, 3.8) is 0 Å². The predicted molar refractivity (Wildman–Crippen MR) is 87.1 cm³/mol. The molecule has 1 aromatic heterocycles. The third-order valence-electron chi connectivity index (χ3n) is 3.97. The number of amides is 1. The van der Waals surface area contributed by atoms with Gasteiger partial charge in [0.25, 0.3) is 5.56 Å². The van der Waals surface area contributed by atoms with Crippen LogP contribution in [0.1, 0.15) is 44.2 Å². The SMILES string of the molecule is O=C(CC1CCCC1)Nc1cc(=O)[nH]nc1CCC(F)CBr. The summed E-state index contributed by atoms with van der Waals surface area (Å²) < 4.78 is 13.3. The molecule has 1 aromatic rings. The maximum absolute atomic E-state index is 13.3. The van der Waals surface area contributed by atoms with E-state index >= 15 is 0 Å². The molecule has 2 rings (SSSR count). The second kappa shape index (κ2) is 8.41. The zero-order valence-corrected chi connectivity index (χ0v) is 14.0. The minimum Gasteiger partial charge on any atom is -0.324 e. The van der Waals surface area contributed by atoms with Gasteiger partial charge in [-0.05, 0) is 31.6 Å². The van der Waals surface area contributed by atoms with E-state index in [4.69, 9.17) is 0 Å². The molecule has 1 aliphatic rings. The highest BCUT2D eigenvalue weighted by atomic mass is 79.9. The van der Waals surface area contributed by atoms with Crippen LogP contribution in [-0.2, 0) is 11.2 Å². The number of rotatable bonds is 7. The first-order chi connectivity index (χ1) is 10.6. The van der Waals surface area contributed by atoms with Gasteiger partial charge in [0.15, 0.2) is 0 Å². The van der Waals surface area contributed by atoms with E-state index in [0.717, 1.165) is 12.8 Å².